The Labute approximate surface area is 103 Å². The smallest absolute Gasteiger partial charge is 0.0954 e. The van der Waals surface area contributed by atoms with Gasteiger partial charge in [0.05, 0.1) is 28.6 Å². The second-order valence-electron chi connectivity index (χ2n) is 3.30. The van der Waals surface area contributed by atoms with Gasteiger partial charge in [0.1, 0.15) is 0 Å². The van der Waals surface area contributed by atoms with Gasteiger partial charge in [-0.15, -0.1) is 0 Å². The molecule has 3 N–H and O–H groups in total. The van der Waals surface area contributed by atoms with Crippen molar-refractivity contribution in [3.05, 3.63) is 58.0 Å². The lowest BCUT2D eigenvalue weighted by Crippen LogP contribution is -2.28. The molecule has 0 radical (unpaired) electrons. The molecule has 1 heterocycles. The Morgan fingerprint density at radius 3 is 2.69 bits per heavy atom. The highest BCUT2D eigenvalue weighted by Crippen LogP contribution is 2.32. The average Bonchev–Trinajstić information content (AvgIpc) is 2.79. The molecule has 0 saturated heterocycles. The molecule has 1 atom stereocenters. The maximum atomic E-state index is 6.13. The van der Waals surface area contributed by atoms with E-state index < -0.39 is 0 Å². The van der Waals surface area contributed by atoms with Crippen molar-refractivity contribution in [1.29, 1.82) is 0 Å². The van der Waals surface area contributed by atoms with Crippen LogP contribution < -0.4 is 11.3 Å². The number of rotatable bonds is 3. The van der Waals surface area contributed by atoms with Crippen LogP contribution in [-0.4, -0.2) is 0 Å². The van der Waals surface area contributed by atoms with Crippen molar-refractivity contribution in [2.75, 3.05) is 0 Å². The molecule has 2 rings (SSSR count). The van der Waals surface area contributed by atoms with Crippen LogP contribution in [0.4, 0.5) is 0 Å². The summed E-state index contributed by atoms with van der Waals surface area (Å²) in [5.74, 6) is 5.52. The van der Waals surface area contributed by atoms with Crippen LogP contribution in [0, 0.1) is 0 Å². The zero-order valence-electron chi connectivity index (χ0n) is 8.28. The van der Waals surface area contributed by atoms with Gasteiger partial charge in [-0.05, 0) is 17.7 Å². The zero-order chi connectivity index (χ0) is 11.5. The number of nitrogens with one attached hydrogen (secondary N) is 1. The van der Waals surface area contributed by atoms with Crippen molar-refractivity contribution < 1.29 is 4.42 Å². The number of benzene rings is 1. The topological polar surface area (TPSA) is 51.2 Å². The van der Waals surface area contributed by atoms with Gasteiger partial charge < -0.3 is 4.42 Å². The molecule has 1 aromatic heterocycles. The number of nitrogens with two attached hydrogens (primary N) is 1. The number of halogens is 2. The Hall–Kier alpha value is -1.000. The molecule has 0 aliphatic heterocycles. The molecule has 0 aliphatic carbocycles. The molecule has 0 bridgehead atoms. The monoisotopic (exact) mass is 256 g/mol. The lowest BCUT2D eigenvalue weighted by atomic mass is 10.0. The summed E-state index contributed by atoms with van der Waals surface area (Å²) in [5.41, 5.74) is 4.40. The maximum Gasteiger partial charge on any atom is 0.0954 e. The third kappa shape index (κ3) is 2.08. The Morgan fingerprint density at radius 2 is 2.06 bits per heavy atom. The van der Waals surface area contributed by atoms with Gasteiger partial charge in [-0.1, -0.05) is 35.3 Å². The summed E-state index contributed by atoms with van der Waals surface area (Å²) >= 11 is 12.1. The molecule has 0 amide bonds. The Kier molecular flexibility index (Phi) is 3.51. The molecule has 84 valence electrons. The van der Waals surface area contributed by atoms with Crippen LogP contribution in [0.15, 0.2) is 41.2 Å². The van der Waals surface area contributed by atoms with Gasteiger partial charge in [-0.3, -0.25) is 5.84 Å². The predicted octanol–water partition coefficient (Wildman–Crippen LogP) is 3.14. The zero-order valence-corrected chi connectivity index (χ0v) is 9.79. The lowest BCUT2D eigenvalue weighted by molar-refractivity contribution is 0.553. The first-order chi connectivity index (χ1) is 7.74. The van der Waals surface area contributed by atoms with Gasteiger partial charge in [0.25, 0.3) is 0 Å². The Bertz CT molecular complexity index is 471. The van der Waals surface area contributed by atoms with Crippen LogP contribution in [0.1, 0.15) is 17.2 Å². The van der Waals surface area contributed by atoms with Gasteiger partial charge in [0.2, 0.25) is 0 Å². The molecule has 2 aromatic rings. The number of hydrazine groups is 1. The fraction of sp³-hybridized carbons (Fsp3) is 0.0909. The maximum absolute atomic E-state index is 6.13. The standard InChI is InChI=1S/C11H10Cl2N2O/c12-9-3-1-2-8(10(9)13)11(15-14)7-4-5-16-6-7/h1-6,11,15H,14H2. The largest absolute Gasteiger partial charge is 0.472 e. The first kappa shape index (κ1) is 11.5. The minimum Gasteiger partial charge on any atom is -0.472 e. The van der Waals surface area contributed by atoms with Crippen LogP contribution in [0.3, 0.4) is 0 Å². The van der Waals surface area contributed by atoms with E-state index in [-0.39, 0.29) is 6.04 Å². The van der Waals surface area contributed by atoms with E-state index in [1.54, 1.807) is 18.6 Å². The summed E-state index contributed by atoms with van der Waals surface area (Å²) in [5, 5.41) is 0.997. The SMILES string of the molecule is NNC(c1ccoc1)c1cccc(Cl)c1Cl. The third-order valence-corrected chi connectivity index (χ3v) is 3.17. The fourth-order valence-electron chi connectivity index (χ4n) is 1.55. The van der Waals surface area contributed by atoms with Crippen LogP contribution in [0.2, 0.25) is 10.0 Å². The van der Waals surface area contributed by atoms with Crippen LogP contribution >= 0.6 is 23.2 Å². The van der Waals surface area contributed by atoms with Gasteiger partial charge in [0.15, 0.2) is 0 Å². The van der Waals surface area contributed by atoms with E-state index in [4.69, 9.17) is 33.5 Å². The molecular formula is C11H10Cl2N2O. The van der Waals surface area contributed by atoms with Crippen molar-refractivity contribution in [3.63, 3.8) is 0 Å². The van der Waals surface area contributed by atoms with Gasteiger partial charge in [-0.25, -0.2) is 5.43 Å². The number of hydrogen-bond donors (Lipinski definition) is 2. The number of hydrogen-bond acceptors (Lipinski definition) is 3. The fourth-order valence-corrected chi connectivity index (χ4v) is 1.97. The first-order valence-corrected chi connectivity index (χ1v) is 5.41. The van der Waals surface area contributed by atoms with Crippen LogP contribution in [-0.2, 0) is 0 Å². The van der Waals surface area contributed by atoms with Crippen molar-refractivity contribution in [3.8, 4) is 0 Å². The van der Waals surface area contributed by atoms with E-state index in [0.29, 0.717) is 10.0 Å². The summed E-state index contributed by atoms with van der Waals surface area (Å²) in [6, 6.07) is 7.02. The molecule has 0 spiro atoms. The van der Waals surface area contributed by atoms with E-state index in [0.717, 1.165) is 11.1 Å². The summed E-state index contributed by atoms with van der Waals surface area (Å²) < 4.78 is 5.02. The summed E-state index contributed by atoms with van der Waals surface area (Å²) in [6.45, 7) is 0. The molecular weight excluding hydrogens is 247 g/mol. The Morgan fingerprint density at radius 1 is 1.25 bits per heavy atom. The van der Waals surface area contributed by atoms with Gasteiger partial charge in [0, 0.05) is 5.56 Å². The number of furan rings is 1. The molecule has 1 aromatic carbocycles. The summed E-state index contributed by atoms with van der Waals surface area (Å²) in [7, 11) is 0. The summed E-state index contributed by atoms with van der Waals surface area (Å²) in [4.78, 5) is 0. The molecule has 16 heavy (non-hydrogen) atoms. The summed E-state index contributed by atoms with van der Waals surface area (Å²) in [6.07, 6.45) is 3.19. The van der Waals surface area contributed by atoms with Gasteiger partial charge >= 0.3 is 0 Å². The van der Waals surface area contributed by atoms with Crippen molar-refractivity contribution >= 4 is 23.2 Å². The Balaban J connectivity index is 2.45. The molecule has 0 fully saturated rings. The van der Waals surface area contributed by atoms with E-state index in [2.05, 4.69) is 5.43 Å². The molecule has 5 heteroatoms. The minimum absolute atomic E-state index is 0.232. The van der Waals surface area contributed by atoms with E-state index in [1.807, 2.05) is 18.2 Å². The minimum atomic E-state index is -0.232. The van der Waals surface area contributed by atoms with Gasteiger partial charge in [-0.2, -0.15) is 0 Å². The molecule has 3 nitrogen and oxygen atoms in total. The lowest BCUT2D eigenvalue weighted by Gasteiger charge is -2.16. The highest BCUT2D eigenvalue weighted by Gasteiger charge is 2.17. The quantitative estimate of drug-likeness (QED) is 0.656. The van der Waals surface area contributed by atoms with E-state index in [1.165, 1.54) is 0 Å². The van der Waals surface area contributed by atoms with Crippen LogP contribution in [0.25, 0.3) is 0 Å². The van der Waals surface area contributed by atoms with Crippen LogP contribution in [0.5, 0.6) is 0 Å². The predicted molar refractivity (Wildman–Crippen MR) is 64.3 cm³/mol. The first-order valence-electron chi connectivity index (χ1n) is 4.66. The van der Waals surface area contributed by atoms with Crippen molar-refractivity contribution in [2.45, 2.75) is 6.04 Å². The highest BCUT2D eigenvalue weighted by molar-refractivity contribution is 6.42. The molecule has 1 unspecified atom stereocenters. The average molecular weight is 257 g/mol. The molecule has 0 saturated carbocycles. The van der Waals surface area contributed by atoms with Crippen molar-refractivity contribution in [1.82, 2.24) is 5.43 Å². The molecule has 0 aliphatic rings. The second kappa shape index (κ2) is 4.89. The van der Waals surface area contributed by atoms with E-state index >= 15 is 0 Å². The third-order valence-electron chi connectivity index (χ3n) is 2.34. The highest BCUT2D eigenvalue weighted by atomic mass is 35.5. The van der Waals surface area contributed by atoms with Crippen molar-refractivity contribution in [2.24, 2.45) is 5.84 Å². The normalized spacial score (nSPS) is 12.7. The van der Waals surface area contributed by atoms with E-state index in [9.17, 15) is 0 Å². The second-order valence-corrected chi connectivity index (χ2v) is 4.08.